The van der Waals surface area contributed by atoms with E-state index in [9.17, 15) is 4.79 Å². The zero-order valence-corrected chi connectivity index (χ0v) is 11.7. The van der Waals surface area contributed by atoms with Crippen molar-refractivity contribution >= 4 is 19.2 Å². The molecular formula is C13H20O2Si. The minimum Gasteiger partial charge on any atom is -0.459 e. The van der Waals surface area contributed by atoms with Gasteiger partial charge in [0, 0.05) is 0 Å². The average Bonchev–Trinajstić information content (AvgIpc) is 2.15. The van der Waals surface area contributed by atoms with Crippen molar-refractivity contribution in [3.63, 3.8) is 0 Å². The lowest BCUT2D eigenvalue weighted by atomic mass is 10.2. The molecule has 0 radical (unpaired) electrons. The lowest BCUT2D eigenvalue weighted by Crippen LogP contribution is -2.41. The molecule has 0 atom stereocenters. The number of benzene rings is 1. The fourth-order valence-electron chi connectivity index (χ4n) is 1.59. The van der Waals surface area contributed by atoms with Gasteiger partial charge in [-0.25, -0.2) is 4.79 Å². The molecular weight excluding hydrogens is 216 g/mol. The summed E-state index contributed by atoms with van der Waals surface area (Å²) in [6.07, 6.45) is -0.0674. The maximum atomic E-state index is 11.9. The minimum absolute atomic E-state index is 0.0674. The molecule has 16 heavy (non-hydrogen) atoms. The fourth-order valence-corrected chi connectivity index (χ4v) is 3.18. The van der Waals surface area contributed by atoms with Gasteiger partial charge < -0.3 is 4.74 Å². The molecule has 88 valence electrons. The molecule has 0 amide bonds. The Bertz CT molecular complexity index is 378. The third-order valence-electron chi connectivity index (χ3n) is 2.30. The molecule has 0 spiro atoms. The van der Waals surface area contributed by atoms with E-state index in [-0.39, 0.29) is 12.1 Å². The zero-order chi connectivity index (χ0) is 12.3. The van der Waals surface area contributed by atoms with E-state index in [0.29, 0.717) is 0 Å². The molecule has 0 aliphatic heterocycles. The van der Waals surface area contributed by atoms with Crippen LogP contribution < -0.4 is 5.19 Å². The van der Waals surface area contributed by atoms with Crippen molar-refractivity contribution in [2.45, 2.75) is 39.6 Å². The van der Waals surface area contributed by atoms with E-state index >= 15 is 0 Å². The highest BCUT2D eigenvalue weighted by Crippen LogP contribution is 2.09. The van der Waals surface area contributed by atoms with E-state index in [1.54, 1.807) is 0 Å². The molecule has 3 heteroatoms. The Labute approximate surface area is 98.6 Å². The maximum absolute atomic E-state index is 11.9. The Balaban J connectivity index is 3.09. The third kappa shape index (κ3) is 3.20. The molecule has 0 saturated heterocycles. The summed E-state index contributed by atoms with van der Waals surface area (Å²) in [7, 11) is -1.49. The van der Waals surface area contributed by atoms with Gasteiger partial charge in [-0.15, -0.1) is 0 Å². The van der Waals surface area contributed by atoms with Crippen LogP contribution in [0.25, 0.3) is 0 Å². The monoisotopic (exact) mass is 236 g/mol. The highest BCUT2D eigenvalue weighted by molar-refractivity contribution is 6.89. The molecule has 1 rings (SSSR count). The van der Waals surface area contributed by atoms with E-state index in [1.165, 1.54) is 5.19 Å². The highest BCUT2D eigenvalue weighted by Gasteiger charge is 2.23. The van der Waals surface area contributed by atoms with Gasteiger partial charge in [-0.2, -0.15) is 0 Å². The smallest absolute Gasteiger partial charge is 0.338 e. The van der Waals surface area contributed by atoms with Gasteiger partial charge in [-0.05, 0) is 25.1 Å². The molecule has 0 bridgehead atoms. The maximum Gasteiger partial charge on any atom is 0.338 e. The quantitative estimate of drug-likeness (QED) is 0.596. The van der Waals surface area contributed by atoms with E-state index < -0.39 is 8.07 Å². The molecule has 0 heterocycles. The first-order chi connectivity index (χ1) is 7.32. The summed E-state index contributed by atoms with van der Waals surface area (Å²) < 4.78 is 5.26. The Hall–Kier alpha value is -1.09. The minimum atomic E-state index is -1.49. The summed E-state index contributed by atoms with van der Waals surface area (Å²) in [5.74, 6) is -0.201. The van der Waals surface area contributed by atoms with Crippen LogP contribution in [0.2, 0.25) is 19.6 Å². The molecule has 1 aromatic carbocycles. The van der Waals surface area contributed by atoms with Gasteiger partial charge in [0.15, 0.2) is 0 Å². The van der Waals surface area contributed by atoms with Gasteiger partial charge in [-0.1, -0.05) is 37.8 Å². The Morgan fingerprint density at radius 3 is 2.25 bits per heavy atom. The van der Waals surface area contributed by atoms with Crippen LogP contribution in [-0.2, 0) is 4.74 Å². The second-order valence-corrected chi connectivity index (χ2v) is 10.3. The van der Waals surface area contributed by atoms with Crippen molar-refractivity contribution in [3.8, 4) is 0 Å². The summed E-state index contributed by atoms with van der Waals surface area (Å²) in [5, 5.41) is 1.17. The van der Waals surface area contributed by atoms with Gasteiger partial charge in [-0.3, -0.25) is 0 Å². The topological polar surface area (TPSA) is 26.3 Å². The van der Waals surface area contributed by atoms with Crippen LogP contribution in [-0.4, -0.2) is 20.1 Å². The summed E-state index contributed by atoms with van der Waals surface area (Å²) in [6, 6.07) is 7.78. The number of carbonyl (C=O) groups is 1. The lowest BCUT2D eigenvalue weighted by molar-refractivity contribution is 0.0379. The van der Waals surface area contributed by atoms with Crippen LogP contribution in [0, 0.1) is 0 Å². The Morgan fingerprint density at radius 2 is 1.75 bits per heavy atom. The second kappa shape index (κ2) is 4.83. The second-order valence-electron chi connectivity index (χ2n) is 5.25. The summed E-state index contributed by atoms with van der Waals surface area (Å²) in [5.41, 5.74) is 0.732. The van der Waals surface area contributed by atoms with Crippen LogP contribution in [0.4, 0.5) is 0 Å². The lowest BCUT2D eigenvalue weighted by Gasteiger charge is -2.20. The molecule has 0 aromatic heterocycles. The molecule has 0 saturated carbocycles. The summed E-state index contributed by atoms with van der Waals surface area (Å²) >= 11 is 0. The first kappa shape index (κ1) is 13.0. The largest absolute Gasteiger partial charge is 0.459 e. The molecule has 0 aliphatic carbocycles. The number of esters is 1. The third-order valence-corrected chi connectivity index (χ3v) is 4.35. The number of carbonyl (C=O) groups excluding carboxylic acids is 1. The van der Waals surface area contributed by atoms with E-state index in [0.717, 1.165) is 5.56 Å². The van der Waals surface area contributed by atoms with Crippen LogP contribution >= 0.6 is 0 Å². The van der Waals surface area contributed by atoms with Crippen LogP contribution in [0.5, 0.6) is 0 Å². The summed E-state index contributed by atoms with van der Waals surface area (Å²) in [6.45, 7) is 10.4. The van der Waals surface area contributed by atoms with Crippen molar-refractivity contribution < 1.29 is 9.53 Å². The molecule has 1 aromatic rings. The molecule has 0 aliphatic rings. The molecule has 0 fully saturated rings. The van der Waals surface area contributed by atoms with Crippen molar-refractivity contribution in [3.05, 3.63) is 29.8 Å². The van der Waals surface area contributed by atoms with Crippen molar-refractivity contribution in [1.29, 1.82) is 0 Å². The fraction of sp³-hybridized carbons (Fsp3) is 0.462. The molecule has 0 N–H and O–H groups in total. The SMILES string of the molecule is CC(C)OC(=O)c1ccccc1[Si](C)(C)C. The summed E-state index contributed by atoms with van der Waals surface area (Å²) in [4.78, 5) is 11.9. The zero-order valence-electron chi connectivity index (χ0n) is 10.7. The van der Waals surface area contributed by atoms with E-state index in [1.807, 2.05) is 38.1 Å². The Kier molecular flexibility index (Phi) is 3.91. The normalized spacial score (nSPS) is 11.6. The number of hydrogen-bond donors (Lipinski definition) is 0. The molecule has 0 unspecified atom stereocenters. The van der Waals surface area contributed by atoms with Crippen molar-refractivity contribution in [1.82, 2.24) is 0 Å². The Morgan fingerprint density at radius 1 is 1.19 bits per heavy atom. The van der Waals surface area contributed by atoms with Gasteiger partial charge in [0.1, 0.15) is 0 Å². The van der Waals surface area contributed by atoms with Crippen molar-refractivity contribution in [2.75, 3.05) is 0 Å². The van der Waals surface area contributed by atoms with E-state index in [2.05, 4.69) is 19.6 Å². The van der Waals surface area contributed by atoms with Gasteiger partial charge in [0.25, 0.3) is 0 Å². The first-order valence-electron chi connectivity index (χ1n) is 5.63. The number of hydrogen-bond acceptors (Lipinski definition) is 2. The first-order valence-corrected chi connectivity index (χ1v) is 9.13. The van der Waals surface area contributed by atoms with Gasteiger partial charge in [0.05, 0.1) is 19.7 Å². The van der Waals surface area contributed by atoms with Crippen LogP contribution in [0.15, 0.2) is 24.3 Å². The predicted molar refractivity (Wildman–Crippen MR) is 70.0 cm³/mol. The number of ether oxygens (including phenoxy) is 1. The standard InChI is InChI=1S/C13H20O2Si/c1-10(2)15-13(14)11-8-6-7-9-12(11)16(3,4)5/h6-10H,1-5H3. The highest BCUT2D eigenvalue weighted by atomic mass is 28.3. The van der Waals surface area contributed by atoms with Crippen molar-refractivity contribution in [2.24, 2.45) is 0 Å². The number of rotatable bonds is 3. The molecule has 2 nitrogen and oxygen atoms in total. The van der Waals surface area contributed by atoms with Crippen LogP contribution in [0.1, 0.15) is 24.2 Å². The van der Waals surface area contributed by atoms with E-state index in [4.69, 9.17) is 4.74 Å². The van der Waals surface area contributed by atoms with Crippen LogP contribution in [0.3, 0.4) is 0 Å². The van der Waals surface area contributed by atoms with Gasteiger partial charge >= 0.3 is 5.97 Å². The average molecular weight is 236 g/mol. The predicted octanol–water partition coefficient (Wildman–Crippen LogP) is 2.80. The van der Waals surface area contributed by atoms with Gasteiger partial charge in [0.2, 0.25) is 0 Å².